The molecule has 2 aromatic heterocycles. The molecule has 0 fully saturated rings. The number of thioether (sulfide) groups is 1. The van der Waals surface area contributed by atoms with E-state index >= 15 is 0 Å². The average molecular weight is 420 g/mol. The lowest BCUT2D eigenvalue weighted by Crippen LogP contribution is -2.24. The van der Waals surface area contributed by atoms with E-state index in [9.17, 15) is 14.9 Å². The minimum Gasteiger partial charge on any atom is -0.316 e. The van der Waals surface area contributed by atoms with Gasteiger partial charge in [0, 0.05) is 11.4 Å². The molecule has 2 N–H and O–H groups in total. The topological polar surface area (TPSA) is 104 Å². The number of thiophene rings is 1. The van der Waals surface area contributed by atoms with Crippen LogP contribution >= 0.6 is 23.1 Å². The highest BCUT2D eigenvalue weighted by molar-refractivity contribution is 8.00. The first-order chi connectivity index (χ1) is 13.5. The molecule has 0 aromatic carbocycles. The molecule has 3 rings (SSSR count). The van der Waals surface area contributed by atoms with Crippen molar-refractivity contribution in [3.05, 3.63) is 26.5 Å². The number of anilines is 1. The average Bonchev–Trinajstić information content (AvgIpc) is 3.09. The number of nitrogens with zero attached hydrogens (tertiary/aromatic N) is 3. The normalized spacial score (nSPS) is 14.8. The largest absolute Gasteiger partial charge is 0.343 e. The molecule has 2 aromatic rings. The summed E-state index contributed by atoms with van der Waals surface area (Å²) in [5.41, 5.74) is 1.48. The van der Waals surface area contributed by atoms with Gasteiger partial charge in [-0.2, -0.15) is 5.26 Å². The van der Waals surface area contributed by atoms with Gasteiger partial charge in [0.1, 0.15) is 11.1 Å². The summed E-state index contributed by atoms with van der Waals surface area (Å²) < 4.78 is 1.58. The second-order valence-corrected chi connectivity index (χ2v) is 9.36. The summed E-state index contributed by atoms with van der Waals surface area (Å²) in [6.45, 7) is 4.43. The maximum atomic E-state index is 12.7. The van der Waals surface area contributed by atoms with Gasteiger partial charge in [-0.25, -0.2) is 9.89 Å². The molecule has 1 aliphatic carbocycles. The van der Waals surface area contributed by atoms with E-state index in [1.54, 1.807) is 11.5 Å². The maximum absolute atomic E-state index is 12.7. The number of aromatic amines is 1. The highest BCUT2D eigenvalue weighted by Crippen LogP contribution is 2.37. The van der Waals surface area contributed by atoms with Crippen LogP contribution in [0.25, 0.3) is 0 Å². The quantitative estimate of drug-likeness (QED) is 0.526. The zero-order valence-electron chi connectivity index (χ0n) is 16.2. The molecule has 1 amide bonds. The summed E-state index contributed by atoms with van der Waals surface area (Å²) in [5.74, 6) is -0.185. The molecule has 0 aliphatic heterocycles. The first-order valence-electron chi connectivity index (χ1n) is 9.72. The fourth-order valence-electron chi connectivity index (χ4n) is 3.28. The van der Waals surface area contributed by atoms with Gasteiger partial charge in [-0.3, -0.25) is 9.36 Å². The van der Waals surface area contributed by atoms with Gasteiger partial charge in [0.25, 0.3) is 0 Å². The molecular formula is C19H25N5O2S2. The number of amides is 1. The van der Waals surface area contributed by atoms with Crippen LogP contribution in [0.5, 0.6) is 0 Å². The van der Waals surface area contributed by atoms with Crippen molar-refractivity contribution < 1.29 is 4.79 Å². The van der Waals surface area contributed by atoms with Crippen molar-refractivity contribution in [3.8, 4) is 6.07 Å². The fourth-order valence-corrected chi connectivity index (χ4v) is 5.41. The summed E-state index contributed by atoms with van der Waals surface area (Å²) >= 11 is 2.78. The molecule has 28 heavy (non-hydrogen) atoms. The third-order valence-corrected chi connectivity index (χ3v) is 7.18. The van der Waals surface area contributed by atoms with E-state index in [0.29, 0.717) is 22.3 Å². The number of hydrogen-bond donors (Lipinski definition) is 2. The lowest BCUT2D eigenvalue weighted by molar-refractivity contribution is -0.115. The molecule has 9 heteroatoms. The lowest BCUT2D eigenvalue weighted by atomic mass is 10.1. The van der Waals surface area contributed by atoms with Gasteiger partial charge in [-0.15, -0.1) is 16.4 Å². The standard InChI is InChI=1S/C19H25N5O2S2/c1-3-4-10-24-18(26)22-23-19(24)27-12(2)16(25)21-17-14(11-20)13-8-6-5-7-9-15(13)28-17/h12H,3-10H2,1-2H3,(H,21,25)(H,22,26)/t12-/m0/s1. The maximum Gasteiger partial charge on any atom is 0.343 e. The van der Waals surface area contributed by atoms with E-state index in [0.717, 1.165) is 44.1 Å². The van der Waals surface area contributed by atoms with Crippen LogP contribution < -0.4 is 11.0 Å². The first-order valence-corrected chi connectivity index (χ1v) is 11.4. The number of H-pyrrole nitrogens is 1. The van der Waals surface area contributed by atoms with Gasteiger partial charge >= 0.3 is 5.69 Å². The van der Waals surface area contributed by atoms with Crippen molar-refractivity contribution in [1.29, 1.82) is 5.26 Å². The summed E-state index contributed by atoms with van der Waals surface area (Å²) in [6, 6.07) is 2.29. The van der Waals surface area contributed by atoms with Gasteiger partial charge in [-0.1, -0.05) is 31.5 Å². The fraction of sp³-hybridized carbons (Fsp3) is 0.579. The van der Waals surface area contributed by atoms with Crippen LogP contribution in [-0.2, 0) is 24.2 Å². The van der Waals surface area contributed by atoms with E-state index in [1.807, 2.05) is 0 Å². The van der Waals surface area contributed by atoms with Crippen molar-refractivity contribution in [2.75, 3.05) is 5.32 Å². The van der Waals surface area contributed by atoms with Crippen molar-refractivity contribution >= 4 is 34.0 Å². The summed E-state index contributed by atoms with van der Waals surface area (Å²) in [4.78, 5) is 25.9. The number of fused-ring (bicyclic) bond motifs is 1. The van der Waals surface area contributed by atoms with Crippen LogP contribution in [0.2, 0.25) is 0 Å². The molecule has 1 aliphatic rings. The molecule has 2 heterocycles. The third kappa shape index (κ3) is 4.50. The Morgan fingerprint density at radius 2 is 2.21 bits per heavy atom. The lowest BCUT2D eigenvalue weighted by Gasteiger charge is -2.11. The van der Waals surface area contributed by atoms with E-state index in [4.69, 9.17) is 0 Å². The highest BCUT2D eigenvalue weighted by Gasteiger charge is 2.24. The van der Waals surface area contributed by atoms with Crippen molar-refractivity contribution in [3.63, 3.8) is 0 Å². The van der Waals surface area contributed by atoms with Crippen LogP contribution in [-0.4, -0.2) is 25.9 Å². The molecule has 0 spiro atoms. The molecule has 0 radical (unpaired) electrons. The molecule has 1 atom stereocenters. The molecule has 7 nitrogen and oxygen atoms in total. The van der Waals surface area contributed by atoms with E-state index in [1.165, 1.54) is 34.4 Å². The number of aryl methyl sites for hydroxylation is 1. The minimum absolute atomic E-state index is 0.185. The number of carbonyl (C=O) groups excluding carboxylic acids is 1. The van der Waals surface area contributed by atoms with E-state index in [2.05, 4.69) is 28.5 Å². The number of unbranched alkanes of at least 4 members (excludes halogenated alkanes) is 1. The molecular weight excluding hydrogens is 394 g/mol. The van der Waals surface area contributed by atoms with Gasteiger partial charge in [0.05, 0.1) is 10.8 Å². The Kier molecular flexibility index (Phi) is 6.97. The predicted molar refractivity (Wildman–Crippen MR) is 112 cm³/mol. The van der Waals surface area contributed by atoms with Crippen LogP contribution in [0, 0.1) is 11.3 Å². The Balaban J connectivity index is 1.72. The van der Waals surface area contributed by atoms with Gasteiger partial charge < -0.3 is 5.32 Å². The monoisotopic (exact) mass is 419 g/mol. The minimum atomic E-state index is -0.441. The summed E-state index contributed by atoms with van der Waals surface area (Å²) in [7, 11) is 0. The number of aromatic nitrogens is 3. The molecule has 150 valence electrons. The van der Waals surface area contributed by atoms with Gasteiger partial charge in [0.2, 0.25) is 5.91 Å². The zero-order chi connectivity index (χ0) is 20.1. The van der Waals surface area contributed by atoms with Crippen LogP contribution in [0.3, 0.4) is 0 Å². The van der Waals surface area contributed by atoms with Crippen molar-refractivity contribution in [2.24, 2.45) is 0 Å². The molecule has 0 unspecified atom stereocenters. The number of nitrogens with one attached hydrogen (secondary N) is 2. The number of nitriles is 1. The van der Waals surface area contributed by atoms with Crippen molar-refractivity contribution in [1.82, 2.24) is 14.8 Å². The highest BCUT2D eigenvalue weighted by atomic mass is 32.2. The molecule has 0 bridgehead atoms. The Labute approximate surface area is 172 Å². The third-order valence-electron chi connectivity index (χ3n) is 4.88. The Hall–Kier alpha value is -2.05. The molecule has 0 saturated carbocycles. The smallest absolute Gasteiger partial charge is 0.316 e. The van der Waals surface area contributed by atoms with E-state index in [-0.39, 0.29) is 11.6 Å². The van der Waals surface area contributed by atoms with Crippen LogP contribution in [0.15, 0.2) is 9.95 Å². The number of rotatable bonds is 7. The zero-order valence-corrected chi connectivity index (χ0v) is 17.8. The predicted octanol–water partition coefficient (Wildman–Crippen LogP) is 3.69. The number of hydrogen-bond acceptors (Lipinski definition) is 6. The first kappa shape index (κ1) is 20.7. The SMILES string of the molecule is CCCCn1c(S[C@@H](C)C(=O)Nc2sc3c(c2C#N)CCCCC3)n[nH]c1=O. The Bertz CT molecular complexity index is 937. The van der Waals surface area contributed by atoms with Gasteiger partial charge in [-0.05, 0) is 44.6 Å². The second kappa shape index (κ2) is 9.43. The van der Waals surface area contributed by atoms with Crippen LogP contribution in [0.1, 0.15) is 62.0 Å². The van der Waals surface area contributed by atoms with Crippen LogP contribution in [0.4, 0.5) is 5.00 Å². The Morgan fingerprint density at radius 3 is 2.96 bits per heavy atom. The summed E-state index contributed by atoms with van der Waals surface area (Å²) in [5, 5.41) is 19.8. The second-order valence-electron chi connectivity index (χ2n) is 6.95. The van der Waals surface area contributed by atoms with E-state index < -0.39 is 5.25 Å². The van der Waals surface area contributed by atoms with Gasteiger partial charge in [0.15, 0.2) is 5.16 Å². The van der Waals surface area contributed by atoms with Crippen molar-refractivity contribution in [2.45, 2.75) is 75.7 Å². The molecule has 0 saturated heterocycles. The summed E-state index contributed by atoms with van der Waals surface area (Å²) in [6.07, 6.45) is 7.14. The number of carbonyl (C=O) groups is 1. The Morgan fingerprint density at radius 1 is 1.43 bits per heavy atom.